The standard InChI is InChI=1S/C30H39ClFN5/c1-6-21(3)8-9-22(4)35-14-12-23(13-15-35)28-34-33-27-18-36(29(5)19-30(32,7-2)20-29)17-24-16-25(31)10-11-26(24)37(27)28/h6,8-11,16,23H,4,7,12-15,17-20H2,1-3,5H3/b9-8-,21-6-. The van der Waals surface area contributed by atoms with Crippen molar-refractivity contribution in [2.24, 2.45) is 0 Å². The Labute approximate surface area is 225 Å². The highest BCUT2D eigenvalue weighted by atomic mass is 35.5. The number of aromatic nitrogens is 3. The van der Waals surface area contributed by atoms with Gasteiger partial charge in [0.05, 0.1) is 12.2 Å². The van der Waals surface area contributed by atoms with E-state index in [2.05, 4.69) is 65.2 Å². The molecule has 3 heterocycles. The Morgan fingerprint density at radius 2 is 1.92 bits per heavy atom. The largest absolute Gasteiger partial charge is 0.372 e. The van der Waals surface area contributed by atoms with Crippen LogP contribution in [0.2, 0.25) is 5.02 Å². The Bertz CT molecular complexity index is 1230. The van der Waals surface area contributed by atoms with Gasteiger partial charge in [-0.25, -0.2) is 4.39 Å². The quantitative estimate of drug-likeness (QED) is 0.378. The van der Waals surface area contributed by atoms with E-state index in [1.54, 1.807) is 0 Å². The first-order valence-electron chi connectivity index (χ1n) is 13.6. The molecule has 0 atom stereocenters. The fraction of sp³-hybridized carbons (Fsp3) is 0.533. The average Bonchev–Trinajstić information content (AvgIpc) is 3.21. The summed E-state index contributed by atoms with van der Waals surface area (Å²) in [5.41, 5.74) is 3.28. The number of likely N-dealkylation sites (tertiary alicyclic amines) is 1. The van der Waals surface area contributed by atoms with Crippen LogP contribution >= 0.6 is 11.6 Å². The number of fused-ring (bicyclic) bond motifs is 3. The zero-order chi connectivity index (χ0) is 26.4. The minimum Gasteiger partial charge on any atom is -0.372 e. The number of allylic oxidation sites excluding steroid dienone is 4. The molecule has 0 N–H and O–H groups in total. The number of piperidine rings is 1. The second-order valence-electron chi connectivity index (χ2n) is 11.4. The molecule has 1 saturated carbocycles. The van der Waals surface area contributed by atoms with Crippen LogP contribution in [0.15, 0.2) is 54.3 Å². The maximum atomic E-state index is 15.0. The molecule has 37 heavy (non-hydrogen) atoms. The van der Waals surface area contributed by atoms with Crippen molar-refractivity contribution in [2.75, 3.05) is 13.1 Å². The van der Waals surface area contributed by atoms with E-state index in [0.717, 1.165) is 66.1 Å². The van der Waals surface area contributed by atoms with Gasteiger partial charge in [0.15, 0.2) is 5.82 Å². The van der Waals surface area contributed by atoms with Gasteiger partial charge in [0.1, 0.15) is 11.5 Å². The molecular formula is C30H39ClFN5. The average molecular weight is 524 g/mol. The fourth-order valence-electron chi connectivity index (χ4n) is 6.31. The summed E-state index contributed by atoms with van der Waals surface area (Å²) in [7, 11) is 0. The molecule has 2 fully saturated rings. The third-order valence-electron chi connectivity index (χ3n) is 8.78. The van der Waals surface area contributed by atoms with Gasteiger partial charge in [0, 0.05) is 41.8 Å². The lowest BCUT2D eigenvalue weighted by atomic mass is 9.65. The van der Waals surface area contributed by atoms with Crippen molar-refractivity contribution in [3.05, 3.63) is 76.5 Å². The fourth-order valence-corrected chi connectivity index (χ4v) is 6.51. The molecule has 1 aromatic heterocycles. The summed E-state index contributed by atoms with van der Waals surface area (Å²) in [6, 6.07) is 6.10. The molecule has 0 unspecified atom stereocenters. The van der Waals surface area contributed by atoms with E-state index in [1.165, 1.54) is 5.57 Å². The van der Waals surface area contributed by atoms with Gasteiger partial charge in [-0.3, -0.25) is 9.47 Å². The van der Waals surface area contributed by atoms with E-state index in [9.17, 15) is 4.39 Å². The van der Waals surface area contributed by atoms with Crippen LogP contribution < -0.4 is 0 Å². The number of nitrogens with zero attached hydrogens (tertiary/aromatic N) is 5. The molecule has 1 saturated heterocycles. The summed E-state index contributed by atoms with van der Waals surface area (Å²) >= 11 is 6.46. The predicted molar refractivity (Wildman–Crippen MR) is 149 cm³/mol. The molecule has 0 bridgehead atoms. The van der Waals surface area contributed by atoms with Crippen LogP contribution in [0.4, 0.5) is 4.39 Å². The van der Waals surface area contributed by atoms with Gasteiger partial charge in [-0.1, -0.05) is 42.8 Å². The minimum absolute atomic E-state index is 0.198. The first kappa shape index (κ1) is 26.2. The molecule has 0 spiro atoms. The van der Waals surface area contributed by atoms with Crippen LogP contribution in [0.5, 0.6) is 0 Å². The van der Waals surface area contributed by atoms with Gasteiger partial charge >= 0.3 is 0 Å². The van der Waals surface area contributed by atoms with Crippen molar-refractivity contribution in [1.82, 2.24) is 24.6 Å². The molecule has 198 valence electrons. The highest BCUT2D eigenvalue weighted by Gasteiger charge is 2.55. The minimum atomic E-state index is -1.06. The number of hydrogen-bond acceptors (Lipinski definition) is 4. The van der Waals surface area contributed by atoms with Crippen LogP contribution in [-0.4, -0.2) is 48.9 Å². The smallest absolute Gasteiger partial charge is 0.151 e. The zero-order valence-corrected chi connectivity index (χ0v) is 23.4. The molecule has 0 radical (unpaired) electrons. The highest BCUT2D eigenvalue weighted by Crippen LogP contribution is 2.51. The molecule has 2 aliphatic heterocycles. The molecule has 1 aromatic carbocycles. The summed E-state index contributed by atoms with van der Waals surface area (Å²) in [6.45, 7) is 15.8. The Morgan fingerprint density at radius 1 is 1.19 bits per heavy atom. The number of benzene rings is 1. The van der Waals surface area contributed by atoms with E-state index in [4.69, 9.17) is 21.8 Å². The summed E-state index contributed by atoms with van der Waals surface area (Å²) in [5, 5.41) is 10.2. The molecular weight excluding hydrogens is 485 g/mol. The Kier molecular flexibility index (Phi) is 7.10. The van der Waals surface area contributed by atoms with Crippen molar-refractivity contribution in [1.29, 1.82) is 0 Å². The van der Waals surface area contributed by atoms with Crippen molar-refractivity contribution in [3.63, 3.8) is 0 Å². The normalized spacial score (nSPS) is 27.1. The predicted octanol–water partition coefficient (Wildman–Crippen LogP) is 7.12. The van der Waals surface area contributed by atoms with Crippen molar-refractivity contribution in [2.45, 2.75) is 90.0 Å². The van der Waals surface area contributed by atoms with Gasteiger partial charge in [-0.15, -0.1) is 10.2 Å². The molecule has 0 amide bonds. The van der Waals surface area contributed by atoms with E-state index in [-0.39, 0.29) is 5.54 Å². The van der Waals surface area contributed by atoms with Crippen LogP contribution in [-0.2, 0) is 13.1 Å². The van der Waals surface area contributed by atoms with Crippen molar-refractivity contribution in [3.8, 4) is 5.69 Å². The summed E-state index contributed by atoms with van der Waals surface area (Å²) < 4.78 is 17.3. The molecule has 5 nitrogen and oxygen atoms in total. The highest BCUT2D eigenvalue weighted by molar-refractivity contribution is 6.30. The lowest BCUT2D eigenvalue weighted by Gasteiger charge is -2.55. The van der Waals surface area contributed by atoms with E-state index >= 15 is 0 Å². The number of rotatable bonds is 6. The van der Waals surface area contributed by atoms with Gasteiger partial charge in [0.25, 0.3) is 0 Å². The Morgan fingerprint density at radius 3 is 2.59 bits per heavy atom. The van der Waals surface area contributed by atoms with Crippen LogP contribution in [0, 0.1) is 0 Å². The van der Waals surface area contributed by atoms with E-state index in [1.807, 2.05) is 19.9 Å². The second-order valence-corrected chi connectivity index (χ2v) is 11.8. The maximum Gasteiger partial charge on any atom is 0.151 e. The van der Waals surface area contributed by atoms with Gasteiger partial charge in [-0.05, 0) is 82.7 Å². The van der Waals surface area contributed by atoms with Gasteiger partial charge in [0.2, 0.25) is 0 Å². The first-order chi connectivity index (χ1) is 17.6. The van der Waals surface area contributed by atoms with E-state index in [0.29, 0.717) is 31.7 Å². The number of alkyl halides is 1. The van der Waals surface area contributed by atoms with Crippen molar-refractivity contribution < 1.29 is 4.39 Å². The molecule has 3 aliphatic rings. The van der Waals surface area contributed by atoms with E-state index < -0.39 is 5.67 Å². The summed E-state index contributed by atoms with van der Waals surface area (Å²) in [5.74, 6) is 2.28. The lowest BCUT2D eigenvalue weighted by molar-refractivity contribution is -0.102. The zero-order valence-electron chi connectivity index (χ0n) is 22.6. The summed E-state index contributed by atoms with van der Waals surface area (Å²) in [6.07, 6.45) is 10.0. The molecule has 5 rings (SSSR count). The maximum absolute atomic E-state index is 15.0. The first-order valence-corrected chi connectivity index (χ1v) is 13.9. The number of hydrogen-bond donors (Lipinski definition) is 0. The molecule has 7 heteroatoms. The Balaban J connectivity index is 1.39. The monoisotopic (exact) mass is 523 g/mol. The van der Waals surface area contributed by atoms with Gasteiger partial charge < -0.3 is 4.90 Å². The molecule has 1 aliphatic carbocycles. The third-order valence-corrected chi connectivity index (χ3v) is 9.02. The Hall–Kier alpha value is -2.44. The third kappa shape index (κ3) is 5.03. The van der Waals surface area contributed by atoms with Crippen molar-refractivity contribution >= 4 is 11.6 Å². The number of halogens is 2. The molecule has 2 aromatic rings. The lowest BCUT2D eigenvalue weighted by Crippen LogP contribution is -2.61. The van der Waals surface area contributed by atoms with Crippen LogP contribution in [0.1, 0.15) is 82.9 Å². The SMILES string of the molecule is C=C(/C=C\C(C)=C/C)N1CCC(c2nnc3n2-c2ccc(Cl)cc2CN(C2(C)CC(F)(CC)C2)C3)CC1. The topological polar surface area (TPSA) is 37.2 Å². The van der Waals surface area contributed by atoms with Gasteiger partial charge in [-0.2, -0.15) is 0 Å². The van der Waals surface area contributed by atoms with Crippen LogP contribution in [0.25, 0.3) is 5.69 Å². The second kappa shape index (κ2) is 10.0. The van der Waals surface area contributed by atoms with Crippen LogP contribution in [0.3, 0.4) is 0 Å². The summed E-state index contributed by atoms with van der Waals surface area (Å²) in [4.78, 5) is 4.75.